The average Bonchev–Trinajstić information content (AvgIpc) is 2.40. The van der Waals surface area contributed by atoms with Gasteiger partial charge in [-0.1, -0.05) is 25.5 Å². The zero-order valence-electron chi connectivity index (χ0n) is 8.72. The van der Waals surface area contributed by atoms with Crippen LogP contribution < -0.4 is 10.6 Å². The van der Waals surface area contributed by atoms with Crippen LogP contribution in [-0.4, -0.2) is 12.6 Å². The number of hydrogen-bond donors (Lipinski definition) is 2. The Kier molecular flexibility index (Phi) is 2.92. The maximum Gasteiger partial charge on any atom is 0.0578 e. The molecule has 0 aromatic heterocycles. The molecular weight excluding hydrogens is 172 g/mol. The number of rotatable bonds is 2. The molecule has 0 spiro atoms. The van der Waals surface area contributed by atoms with Gasteiger partial charge in [0.05, 0.1) is 11.4 Å². The van der Waals surface area contributed by atoms with E-state index in [2.05, 4.69) is 41.8 Å². The standard InChI is InChI=1S/C12H18N2/c1-2-5-10-8-9-13-11-6-3-4-7-12(11)14-10/h3-4,6-7,10,13-14H,2,5,8-9H2,1H3. The van der Waals surface area contributed by atoms with Crippen LogP contribution in [0.15, 0.2) is 24.3 Å². The third-order valence-corrected chi connectivity index (χ3v) is 2.73. The lowest BCUT2D eigenvalue weighted by molar-refractivity contribution is 0.615. The second-order valence-electron chi connectivity index (χ2n) is 3.89. The topological polar surface area (TPSA) is 24.1 Å². The van der Waals surface area contributed by atoms with Crippen molar-refractivity contribution in [3.63, 3.8) is 0 Å². The van der Waals surface area contributed by atoms with Gasteiger partial charge in [-0.15, -0.1) is 0 Å². The Labute approximate surface area is 85.7 Å². The highest BCUT2D eigenvalue weighted by Crippen LogP contribution is 2.25. The third kappa shape index (κ3) is 2.00. The van der Waals surface area contributed by atoms with Crippen molar-refractivity contribution in [3.8, 4) is 0 Å². The fourth-order valence-electron chi connectivity index (χ4n) is 2.00. The van der Waals surface area contributed by atoms with E-state index in [1.165, 1.54) is 30.6 Å². The van der Waals surface area contributed by atoms with Crippen LogP contribution in [0.3, 0.4) is 0 Å². The van der Waals surface area contributed by atoms with Gasteiger partial charge in [0, 0.05) is 12.6 Å². The van der Waals surface area contributed by atoms with E-state index in [4.69, 9.17) is 0 Å². The first-order valence-corrected chi connectivity index (χ1v) is 5.49. The van der Waals surface area contributed by atoms with E-state index in [1.54, 1.807) is 0 Å². The summed E-state index contributed by atoms with van der Waals surface area (Å²) in [6, 6.07) is 9.08. The molecule has 2 rings (SSSR count). The summed E-state index contributed by atoms with van der Waals surface area (Å²) in [5.74, 6) is 0. The maximum atomic E-state index is 3.60. The molecule has 2 N–H and O–H groups in total. The van der Waals surface area contributed by atoms with Crippen molar-refractivity contribution < 1.29 is 0 Å². The van der Waals surface area contributed by atoms with E-state index in [1.807, 2.05) is 0 Å². The van der Waals surface area contributed by atoms with E-state index in [-0.39, 0.29) is 0 Å². The molecule has 0 amide bonds. The van der Waals surface area contributed by atoms with Gasteiger partial charge in [-0.2, -0.15) is 0 Å². The fraction of sp³-hybridized carbons (Fsp3) is 0.500. The molecule has 1 aromatic carbocycles. The molecule has 1 aromatic rings. The Balaban J connectivity index is 2.14. The van der Waals surface area contributed by atoms with E-state index in [0.29, 0.717) is 6.04 Å². The van der Waals surface area contributed by atoms with Crippen molar-refractivity contribution in [2.75, 3.05) is 17.2 Å². The van der Waals surface area contributed by atoms with Crippen molar-refractivity contribution >= 4 is 11.4 Å². The quantitative estimate of drug-likeness (QED) is 0.749. The predicted molar refractivity (Wildman–Crippen MR) is 61.9 cm³/mol. The fourth-order valence-corrected chi connectivity index (χ4v) is 2.00. The Morgan fingerprint density at radius 1 is 1.29 bits per heavy atom. The Morgan fingerprint density at radius 3 is 2.86 bits per heavy atom. The summed E-state index contributed by atoms with van der Waals surface area (Å²) in [7, 11) is 0. The van der Waals surface area contributed by atoms with Gasteiger partial charge in [0.15, 0.2) is 0 Å². The minimum atomic E-state index is 0.635. The number of para-hydroxylation sites is 2. The molecule has 2 nitrogen and oxygen atoms in total. The molecule has 1 heterocycles. The monoisotopic (exact) mass is 190 g/mol. The third-order valence-electron chi connectivity index (χ3n) is 2.73. The molecule has 2 heteroatoms. The van der Waals surface area contributed by atoms with Gasteiger partial charge in [-0.25, -0.2) is 0 Å². The number of anilines is 2. The molecule has 0 fully saturated rings. The molecule has 1 unspecified atom stereocenters. The molecule has 1 aliphatic rings. The minimum Gasteiger partial charge on any atom is -0.383 e. The number of nitrogens with one attached hydrogen (secondary N) is 2. The van der Waals surface area contributed by atoms with Crippen LogP contribution in [0.25, 0.3) is 0 Å². The SMILES string of the molecule is CCCC1CCNc2ccccc2N1. The first kappa shape index (κ1) is 9.38. The highest BCUT2D eigenvalue weighted by atomic mass is 15.0. The zero-order valence-corrected chi connectivity index (χ0v) is 8.72. The van der Waals surface area contributed by atoms with Gasteiger partial charge >= 0.3 is 0 Å². The summed E-state index contributed by atoms with van der Waals surface area (Å²) >= 11 is 0. The van der Waals surface area contributed by atoms with Crippen molar-refractivity contribution in [1.29, 1.82) is 0 Å². The highest BCUT2D eigenvalue weighted by molar-refractivity contribution is 5.69. The minimum absolute atomic E-state index is 0.635. The predicted octanol–water partition coefficient (Wildman–Crippen LogP) is 3.08. The first-order chi connectivity index (χ1) is 6.90. The van der Waals surface area contributed by atoms with Gasteiger partial charge in [0.2, 0.25) is 0 Å². The molecule has 0 saturated carbocycles. The van der Waals surface area contributed by atoms with Crippen molar-refractivity contribution in [1.82, 2.24) is 0 Å². The second kappa shape index (κ2) is 4.36. The summed E-state index contributed by atoms with van der Waals surface area (Å²) < 4.78 is 0. The van der Waals surface area contributed by atoms with E-state index in [0.717, 1.165) is 6.54 Å². The zero-order chi connectivity index (χ0) is 9.80. The lowest BCUT2D eigenvalue weighted by Gasteiger charge is -2.16. The lowest BCUT2D eigenvalue weighted by atomic mass is 10.1. The molecule has 0 saturated heterocycles. The summed E-state index contributed by atoms with van der Waals surface area (Å²) in [5.41, 5.74) is 2.49. The number of benzene rings is 1. The Morgan fingerprint density at radius 2 is 2.07 bits per heavy atom. The number of fused-ring (bicyclic) bond motifs is 1. The molecule has 1 atom stereocenters. The molecule has 1 aliphatic heterocycles. The smallest absolute Gasteiger partial charge is 0.0578 e. The van der Waals surface area contributed by atoms with Crippen LogP contribution in [-0.2, 0) is 0 Å². The van der Waals surface area contributed by atoms with Gasteiger partial charge < -0.3 is 10.6 Å². The van der Waals surface area contributed by atoms with Crippen LogP contribution in [0.4, 0.5) is 11.4 Å². The van der Waals surface area contributed by atoms with Crippen molar-refractivity contribution in [2.45, 2.75) is 32.2 Å². The van der Waals surface area contributed by atoms with Gasteiger partial charge in [0.25, 0.3) is 0 Å². The molecular formula is C12H18N2. The van der Waals surface area contributed by atoms with Crippen LogP contribution in [0.5, 0.6) is 0 Å². The summed E-state index contributed by atoms with van der Waals surface area (Å²) in [5, 5.41) is 7.05. The van der Waals surface area contributed by atoms with Gasteiger partial charge in [0.1, 0.15) is 0 Å². The van der Waals surface area contributed by atoms with Gasteiger partial charge in [-0.3, -0.25) is 0 Å². The molecule has 0 aliphatic carbocycles. The van der Waals surface area contributed by atoms with Crippen LogP contribution in [0, 0.1) is 0 Å². The maximum absolute atomic E-state index is 3.60. The van der Waals surface area contributed by atoms with Gasteiger partial charge in [-0.05, 0) is 25.0 Å². The highest BCUT2D eigenvalue weighted by Gasteiger charge is 2.13. The average molecular weight is 190 g/mol. The summed E-state index contributed by atoms with van der Waals surface area (Å²) in [4.78, 5) is 0. The molecule has 76 valence electrons. The normalized spacial score (nSPS) is 20.2. The van der Waals surface area contributed by atoms with E-state index >= 15 is 0 Å². The van der Waals surface area contributed by atoms with E-state index in [9.17, 15) is 0 Å². The van der Waals surface area contributed by atoms with Crippen LogP contribution in [0.1, 0.15) is 26.2 Å². The van der Waals surface area contributed by atoms with Crippen LogP contribution >= 0.6 is 0 Å². The lowest BCUT2D eigenvalue weighted by Crippen LogP contribution is -2.19. The van der Waals surface area contributed by atoms with Crippen LogP contribution in [0.2, 0.25) is 0 Å². The largest absolute Gasteiger partial charge is 0.383 e. The van der Waals surface area contributed by atoms with Crippen molar-refractivity contribution in [3.05, 3.63) is 24.3 Å². The first-order valence-electron chi connectivity index (χ1n) is 5.49. The Bertz CT molecular complexity index is 296. The number of hydrogen-bond acceptors (Lipinski definition) is 2. The Hall–Kier alpha value is -1.18. The van der Waals surface area contributed by atoms with Crippen molar-refractivity contribution in [2.24, 2.45) is 0 Å². The second-order valence-corrected chi connectivity index (χ2v) is 3.89. The molecule has 0 bridgehead atoms. The molecule has 14 heavy (non-hydrogen) atoms. The summed E-state index contributed by atoms with van der Waals surface area (Å²) in [6.07, 6.45) is 3.72. The van der Waals surface area contributed by atoms with E-state index < -0.39 is 0 Å². The summed E-state index contributed by atoms with van der Waals surface area (Å²) in [6.45, 7) is 3.32. The molecule has 0 radical (unpaired) electrons.